The highest BCUT2D eigenvalue weighted by Gasteiger charge is 2.11. The molecule has 0 aromatic heterocycles. The zero-order valence-electron chi connectivity index (χ0n) is 7.90. The Hall–Kier alpha value is -0.0400. The van der Waals surface area contributed by atoms with E-state index in [0.29, 0.717) is 0 Å². The van der Waals surface area contributed by atoms with Crippen LogP contribution >= 0.6 is 0 Å². The van der Waals surface area contributed by atoms with E-state index in [-0.39, 0.29) is 0 Å². The van der Waals surface area contributed by atoms with Crippen LogP contribution in [-0.4, -0.2) is 12.6 Å². The van der Waals surface area contributed by atoms with Crippen LogP contribution in [0.3, 0.4) is 0 Å². The maximum Gasteiger partial charge on any atom is 0.00671 e. The Morgan fingerprint density at radius 1 is 1.36 bits per heavy atom. The summed E-state index contributed by atoms with van der Waals surface area (Å²) in [5.74, 6) is 0.874. The third kappa shape index (κ3) is 3.76. The van der Waals surface area contributed by atoms with Crippen molar-refractivity contribution in [2.45, 2.75) is 52.0 Å². The maximum atomic E-state index is 3.57. The summed E-state index contributed by atoms with van der Waals surface area (Å²) in [6.07, 6.45) is 7.01. The summed E-state index contributed by atoms with van der Waals surface area (Å²) in [6.45, 7) is 5.87. The van der Waals surface area contributed by atoms with Gasteiger partial charge in [0.25, 0.3) is 0 Å². The molecule has 1 heteroatoms. The van der Waals surface area contributed by atoms with Crippen LogP contribution in [0, 0.1) is 5.92 Å². The predicted octanol–water partition coefficient (Wildman–Crippen LogP) is 2.56. The molecule has 0 aromatic carbocycles. The molecule has 0 bridgehead atoms. The highest BCUT2D eigenvalue weighted by atomic mass is 14.9. The van der Waals surface area contributed by atoms with Crippen molar-refractivity contribution >= 4 is 0 Å². The van der Waals surface area contributed by atoms with Gasteiger partial charge in [0, 0.05) is 6.04 Å². The third-order valence-electron chi connectivity index (χ3n) is 2.50. The van der Waals surface area contributed by atoms with Gasteiger partial charge in [-0.2, -0.15) is 0 Å². The van der Waals surface area contributed by atoms with Gasteiger partial charge in [0.2, 0.25) is 0 Å². The number of piperidine rings is 1. The van der Waals surface area contributed by atoms with Crippen LogP contribution in [0.15, 0.2) is 0 Å². The lowest BCUT2D eigenvalue weighted by Gasteiger charge is -2.23. The van der Waals surface area contributed by atoms with Crippen LogP contribution in [0.1, 0.15) is 46.0 Å². The van der Waals surface area contributed by atoms with Crippen LogP contribution in [0.2, 0.25) is 0 Å². The van der Waals surface area contributed by atoms with E-state index in [0.717, 1.165) is 12.0 Å². The molecule has 0 unspecified atom stereocenters. The van der Waals surface area contributed by atoms with E-state index in [1.54, 1.807) is 0 Å². The van der Waals surface area contributed by atoms with Gasteiger partial charge in [0.1, 0.15) is 0 Å². The molecule has 1 saturated heterocycles. The second-order valence-electron chi connectivity index (χ2n) is 4.12. The first kappa shape index (κ1) is 9.05. The molecule has 11 heavy (non-hydrogen) atoms. The van der Waals surface area contributed by atoms with Gasteiger partial charge < -0.3 is 5.32 Å². The van der Waals surface area contributed by atoms with Crippen molar-refractivity contribution in [2.24, 2.45) is 5.92 Å². The molecule has 0 aromatic rings. The fraction of sp³-hybridized carbons (Fsp3) is 1.00. The molecule has 0 amide bonds. The smallest absolute Gasteiger partial charge is 0.00671 e. The van der Waals surface area contributed by atoms with E-state index >= 15 is 0 Å². The summed E-state index contributed by atoms with van der Waals surface area (Å²) in [4.78, 5) is 0. The first-order valence-corrected chi connectivity index (χ1v) is 5.02. The predicted molar refractivity (Wildman–Crippen MR) is 49.7 cm³/mol. The molecule has 0 spiro atoms. The zero-order chi connectivity index (χ0) is 8.10. The van der Waals surface area contributed by atoms with Crippen LogP contribution in [0.4, 0.5) is 0 Å². The summed E-state index contributed by atoms with van der Waals surface area (Å²) in [5.41, 5.74) is 0. The first-order valence-electron chi connectivity index (χ1n) is 5.02. The molecule has 1 nitrogen and oxygen atoms in total. The van der Waals surface area contributed by atoms with Gasteiger partial charge in [-0.05, 0) is 38.1 Å². The Labute approximate surface area is 70.6 Å². The van der Waals surface area contributed by atoms with E-state index < -0.39 is 0 Å². The van der Waals surface area contributed by atoms with E-state index in [1.165, 1.54) is 38.6 Å². The van der Waals surface area contributed by atoms with Crippen molar-refractivity contribution in [1.82, 2.24) is 5.32 Å². The summed E-state index contributed by atoms with van der Waals surface area (Å²) in [7, 11) is 0. The summed E-state index contributed by atoms with van der Waals surface area (Å²) >= 11 is 0. The molecular formula is C10H21N. The van der Waals surface area contributed by atoms with Gasteiger partial charge in [-0.3, -0.25) is 0 Å². The quantitative estimate of drug-likeness (QED) is 0.660. The second kappa shape index (κ2) is 4.76. The molecule has 1 fully saturated rings. The van der Waals surface area contributed by atoms with Crippen molar-refractivity contribution in [3.63, 3.8) is 0 Å². The monoisotopic (exact) mass is 155 g/mol. The standard InChI is InChI=1S/C10H21N/c1-9(2)6-7-10-5-3-4-8-11-10/h9-11H,3-8H2,1-2H3/t10-/m1/s1. The first-order chi connectivity index (χ1) is 5.29. The highest BCUT2D eigenvalue weighted by Crippen LogP contribution is 2.14. The van der Waals surface area contributed by atoms with Crippen molar-refractivity contribution in [1.29, 1.82) is 0 Å². The molecular weight excluding hydrogens is 134 g/mol. The van der Waals surface area contributed by atoms with Crippen molar-refractivity contribution in [3.05, 3.63) is 0 Å². The minimum atomic E-state index is 0.839. The Bertz CT molecular complexity index is 93.0. The Morgan fingerprint density at radius 3 is 2.73 bits per heavy atom. The van der Waals surface area contributed by atoms with E-state index in [4.69, 9.17) is 0 Å². The largest absolute Gasteiger partial charge is 0.314 e. The van der Waals surface area contributed by atoms with Gasteiger partial charge in [-0.25, -0.2) is 0 Å². The average molecular weight is 155 g/mol. The lowest BCUT2D eigenvalue weighted by atomic mass is 9.97. The summed E-state index contributed by atoms with van der Waals surface area (Å²) < 4.78 is 0. The Morgan fingerprint density at radius 2 is 2.18 bits per heavy atom. The van der Waals surface area contributed by atoms with Gasteiger partial charge in [-0.15, -0.1) is 0 Å². The number of hydrogen-bond acceptors (Lipinski definition) is 1. The van der Waals surface area contributed by atoms with Crippen LogP contribution in [0.25, 0.3) is 0 Å². The topological polar surface area (TPSA) is 12.0 Å². The van der Waals surface area contributed by atoms with Gasteiger partial charge >= 0.3 is 0 Å². The zero-order valence-corrected chi connectivity index (χ0v) is 7.90. The van der Waals surface area contributed by atoms with Crippen molar-refractivity contribution in [3.8, 4) is 0 Å². The van der Waals surface area contributed by atoms with Crippen LogP contribution in [-0.2, 0) is 0 Å². The van der Waals surface area contributed by atoms with Crippen LogP contribution in [0.5, 0.6) is 0 Å². The summed E-state index contributed by atoms with van der Waals surface area (Å²) in [5, 5.41) is 3.57. The molecule has 0 saturated carbocycles. The van der Waals surface area contributed by atoms with Gasteiger partial charge in [0.15, 0.2) is 0 Å². The second-order valence-corrected chi connectivity index (χ2v) is 4.12. The average Bonchev–Trinajstić information content (AvgIpc) is 2.03. The van der Waals surface area contributed by atoms with Crippen molar-refractivity contribution < 1.29 is 0 Å². The Balaban J connectivity index is 2.05. The number of hydrogen-bond donors (Lipinski definition) is 1. The molecule has 1 aliphatic rings. The number of rotatable bonds is 3. The maximum absolute atomic E-state index is 3.57. The van der Waals surface area contributed by atoms with Gasteiger partial charge in [-0.1, -0.05) is 20.3 Å². The highest BCUT2D eigenvalue weighted by molar-refractivity contribution is 4.72. The van der Waals surface area contributed by atoms with E-state index in [1.807, 2.05) is 0 Å². The minimum Gasteiger partial charge on any atom is -0.314 e. The fourth-order valence-electron chi connectivity index (χ4n) is 1.70. The van der Waals surface area contributed by atoms with Crippen molar-refractivity contribution in [2.75, 3.05) is 6.54 Å². The molecule has 1 heterocycles. The lowest BCUT2D eigenvalue weighted by Crippen LogP contribution is -2.33. The van der Waals surface area contributed by atoms with Crippen LogP contribution < -0.4 is 5.32 Å². The molecule has 0 radical (unpaired) electrons. The van der Waals surface area contributed by atoms with E-state index in [2.05, 4.69) is 19.2 Å². The number of nitrogens with one attached hydrogen (secondary N) is 1. The van der Waals surface area contributed by atoms with E-state index in [9.17, 15) is 0 Å². The molecule has 1 aliphatic heterocycles. The molecule has 1 N–H and O–H groups in total. The molecule has 1 rings (SSSR count). The lowest BCUT2D eigenvalue weighted by molar-refractivity contribution is 0.358. The molecule has 66 valence electrons. The summed E-state index contributed by atoms with van der Waals surface area (Å²) in [6, 6.07) is 0.839. The fourth-order valence-corrected chi connectivity index (χ4v) is 1.70. The SMILES string of the molecule is CC(C)CC[C@H]1CCCCN1. The van der Waals surface area contributed by atoms with Gasteiger partial charge in [0.05, 0.1) is 0 Å². The third-order valence-corrected chi connectivity index (χ3v) is 2.50. The Kier molecular flexibility index (Phi) is 3.92. The molecule has 0 aliphatic carbocycles. The normalized spacial score (nSPS) is 25.9. The minimum absolute atomic E-state index is 0.839. The molecule has 1 atom stereocenters.